The van der Waals surface area contributed by atoms with Crippen LogP contribution in [0.15, 0.2) is 47.5 Å². The fourth-order valence-electron chi connectivity index (χ4n) is 2.40. The molecule has 0 amide bonds. The van der Waals surface area contributed by atoms with E-state index in [1.54, 1.807) is 38.1 Å². The molecule has 0 aliphatic heterocycles. The predicted molar refractivity (Wildman–Crippen MR) is 99.2 cm³/mol. The summed E-state index contributed by atoms with van der Waals surface area (Å²) in [5.74, 6) is 0.683. The summed E-state index contributed by atoms with van der Waals surface area (Å²) in [4.78, 5) is 4.02. The van der Waals surface area contributed by atoms with Crippen molar-refractivity contribution in [3.8, 4) is 11.5 Å². The maximum atomic E-state index is 13.4. The van der Waals surface area contributed by atoms with Crippen LogP contribution in [0.1, 0.15) is 25.0 Å². The Kier molecular flexibility index (Phi) is 6.55. The van der Waals surface area contributed by atoms with Crippen molar-refractivity contribution in [1.82, 2.24) is 0 Å². The maximum Gasteiger partial charge on any atom is 0.416 e. The number of anilines is 1. The lowest BCUT2D eigenvalue weighted by atomic mass is 10.1. The van der Waals surface area contributed by atoms with Gasteiger partial charge in [-0.05, 0) is 43.7 Å². The van der Waals surface area contributed by atoms with Gasteiger partial charge in [-0.15, -0.1) is 0 Å². The molecule has 5 nitrogen and oxygen atoms in total. The minimum atomic E-state index is -4.52. The summed E-state index contributed by atoms with van der Waals surface area (Å²) in [5.41, 5.74) is 5.58. The monoisotopic (exact) mass is 381 g/mol. The Hall–Kier alpha value is -2.90. The van der Waals surface area contributed by atoms with Gasteiger partial charge >= 0.3 is 6.18 Å². The Bertz CT molecular complexity index is 805. The molecule has 0 aliphatic carbocycles. The van der Waals surface area contributed by atoms with Gasteiger partial charge in [-0.3, -0.25) is 0 Å². The summed E-state index contributed by atoms with van der Waals surface area (Å²) in [5, 5.41) is 2.82. The molecule has 146 valence electrons. The van der Waals surface area contributed by atoms with E-state index in [4.69, 9.17) is 15.2 Å². The molecule has 0 bridgehead atoms. The largest absolute Gasteiger partial charge is 0.495 e. The van der Waals surface area contributed by atoms with E-state index in [1.807, 2.05) is 0 Å². The number of halogens is 3. The average molecular weight is 381 g/mol. The van der Waals surface area contributed by atoms with Crippen LogP contribution in [0.25, 0.3) is 0 Å². The maximum absolute atomic E-state index is 13.4. The first kappa shape index (κ1) is 20.4. The van der Waals surface area contributed by atoms with Crippen molar-refractivity contribution in [3.63, 3.8) is 0 Å². The summed E-state index contributed by atoms with van der Waals surface area (Å²) in [6.45, 7) is 3.26. The van der Waals surface area contributed by atoms with Gasteiger partial charge in [0.15, 0.2) is 5.96 Å². The van der Waals surface area contributed by atoms with Crippen molar-refractivity contribution in [2.75, 3.05) is 12.4 Å². The van der Waals surface area contributed by atoms with Crippen LogP contribution in [0.5, 0.6) is 11.5 Å². The second-order valence-corrected chi connectivity index (χ2v) is 6.01. The van der Waals surface area contributed by atoms with Gasteiger partial charge in [0, 0.05) is 0 Å². The lowest BCUT2D eigenvalue weighted by Gasteiger charge is -2.16. The van der Waals surface area contributed by atoms with Crippen molar-refractivity contribution in [2.45, 2.75) is 32.7 Å². The van der Waals surface area contributed by atoms with Gasteiger partial charge in [0.25, 0.3) is 0 Å². The van der Waals surface area contributed by atoms with E-state index in [-0.39, 0.29) is 29.9 Å². The normalized spacial score (nSPS) is 12.2. The Morgan fingerprint density at radius 1 is 1.19 bits per heavy atom. The molecule has 2 rings (SSSR count). The highest BCUT2D eigenvalue weighted by molar-refractivity contribution is 5.93. The highest BCUT2D eigenvalue weighted by Gasteiger charge is 2.33. The number of nitrogens with two attached hydrogens (primary N) is 1. The van der Waals surface area contributed by atoms with Crippen LogP contribution in [-0.4, -0.2) is 19.2 Å². The summed E-state index contributed by atoms with van der Waals surface area (Å²) in [6.07, 6.45) is -4.75. The number of aliphatic imine (C=N–C) groups is 1. The van der Waals surface area contributed by atoms with Gasteiger partial charge in [0.1, 0.15) is 11.5 Å². The van der Waals surface area contributed by atoms with Crippen LogP contribution in [0, 0.1) is 0 Å². The number of alkyl halides is 3. The minimum absolute atomic E-state index is 0.00313. The number of nitrogens with zero attached hydrogens (tertiary/aromatic N) is 1. The number of nitrogens with one attached hydrogen (secondary N) is 1. The zero-order chi connectivity index (χ0) is 20.0. The summed E-state index contributed by atoms with van der Waals surface area (Å²) >= 11 is 0. The molecule has 0 atom stereocenters. The number of benzene rings is 2. The molecule has 27 heavy (non-hydrogen) atoms. The van der Waals surface area contributed by atoms with Crippen molar-refractivity contribution in [3.05, 3.63) is 53.6 Å². The third kappa shape index (κ3) is 5.80. The molecule has 0 aliphatic rings. The fourth-order valence-corrected chi connectivity index (χ4v) is 2.40. The molecule has 0 fully saturated rings. The molecule has 0 heterocycles. The Labute approximate surface area is 156 Å². The molecule has 0 saturated heterocycles. The van der Waals surface area contributed by atoms with E-state index in [1.165, 1.54) is 19.2 Å². The third-order valence-electron chi connectivity index (χ3n) is 3.55. The molecule has 3 N–H and O–H groups in total. The van der Waals surface area contributed by atoms with E-state index in [0.717, 1.165) is 6.07 Å². The first-order chi connectivity index (χ1) is 12.7. The predicted octanol–water partition coefficient (Wildman–Crippen LogP) is 4.43. The van der Waals surface area contributed by atoms with E-state index >= 15 is 0 Å². The van der Waals surface area contributed by atoms with E-state index in [9.17, 15) is 13.2 Å². The van der Waals surface area contributed by atoms with Gasteiger partial charge in [-0.25, -0.2) is 4.99 Å². The number of hydrogen-bond donors (Lipinski definition) is 2. The van der Waals surface area contributed by atoms with Gasteiger partial charge in [-0.2, -0.15) is 13.2 Å². The number of para-hydroxylation sites is 2. The standard InChI is InChI=1S/C19H22F3N3O2/c1-12(2)27-14-9-8-13(15(10-14)19(20,21)22)11-24-18(23)25-16-6-4-5-7-17(16)26-3/h4-10,12H,11H2,1-3H3,(H3,23,24,25). The molecule has 0 radical (unpaired) electrons. The SMILES string of the molecule is COc1ccccc1NC(N)=NCc1ccc(OC(C)C)cc1C(F)(F)F. The molecule has 8 heteroatoms. The lowest BCUT2D eigenvalue weighted by Crippen LogP contribution is -2.23. The van der Waals surface area contributed by atoms with Gasteiger partial charge in [-0.1, -0.05) is 18.2 Å². The zero-order valence-electron chi connectivity index (χ0n) is 15.3. The second kappa shape index (κ2) is 8.66. The fraction of sp³-hybridized carbons (Fsp3) is 0.316. The van der Waals surface area contributed by atoms with E-state index in [0.29, 0.717) is 11.4 Å². The summed E-state index contributed by atoms with van der Waals surface area (Å²) in [7, 11) is 1.50. The molecule has 2 aromatic rings. The third-order valence-corrected chi connectivity index (χ3v) is 3.55. The van der Waals surface area contributed by atoms with Crippen LogP contribution in [0.3, 0.4) is 0 Å². The molecule has 0 saturated carbocycles. The highest BCUT2D eigenvalue weighted by Crippen LogP contribution is 2.35. The molecule has 0 spiro atoms. The Morgan fingerprint density at radius 3 is 2.52 bits per heavy atom. The van der Waals surface area contributed by atoms with Gasteiger partial charge in [0.2, 0.25) is 0 Å². The zero-order valence-corrected chi connectivity index (χ0v) is 15.3. The second-order valence-electron chi connectivity index (χ2n) is 6.01. The molecule has 2 aromatic carbocycles. The number of methoxy groups -OCH3 is 1. The van der Waals surface area contributed by atoms with Crippen LogP contribution >= 0.6 is 0 Å². The van der Waals surface area contributed by atoms with Crippen LogP contribution in [-0.2, 0) is 12.7 Å². The molecule has 0 unspecified atom stereocenters. The van der Waals surface area contributed by atoms with Crippen LogP contribution < -0.4 is 20.5 Å². The van der Waals surface area contributed by atoms with Crippen molar-refractivity contribution >= 4 is 11.6 Å². The number of hydrogen-bond acceptors (Lipinski definition) is 3. The van der Waals surface area contributed by atoms with Crippen LogP contribution in [0.2, 0.25) is 0 Å². The average Bonchev–Trinajstić information content (AvgIpc) is 2.59. The smallest absolute Gasteiger partial charge is 0.416 e. The quantitative estimate of drug-likeness (QED) is 0.574. The van der Waals surface area contributed by atoms with Gasteiger partial charge < -0.3 is 20.5 Å². The van der Waals surface area contributed by atoms with Gasteiger partial charge in [0.05, 0.1) is 31.0 Å². The first-order valence-electron chi connectivity index (χ1n) is 8.27. The minimum Gasteiger partial charge on any atom is -0.495 e. The summed E-state index contributed by atoms with van der Waals surface area (Å²) in [6, 6.07) is 10.8. The van der Waals surface area contributed by atoms with Crippen molar-refractivity contribution in [2.24, 2.45) is 10.7 Å². The van der Waals surface area contributed by atoms with Crippen LogP contribution in [0.4, 0.5) is 18.9 Å². The molecular formula is C19H22F3N3O2. The number of guanidine groups is 1. The number of ether oxygens (including phenoxy) is 2. The van der Waals surface area contributed by atoms with E-state index in [2.05, 4.69) is 10.3 Å². The lowest BCUT2D eigenvalue weighted by molar-refractivity contribution is -0.138. The highest BCUT2D eigenvalue weighted by atomic mass is 19.4. The number of rotatable bonds is 6. The Balaban J connectivity index is 2.21. The molecule has 0 aromatic heterocycles. The Morgan fingerprint density at radius 2 is 1.89 bits per heavy atom. The topological polar surface area (TPSA) is 68.9 Å². The first-order valence-corrected chi connectivity index (χ1v) is 8.27. The van der Waals surface area contributed by atoms with E-state index < -0.39 is 11.7 Å². The summed E-state index contributed by atoms with van der Waals surface area (Å²) < 4.78 is 50.6. The van der Waals surface area contributed by atoms with Crippen molar-refractivity contribution in [1.29, 1.82) is 0 Å². The van der Waals surface area contributed by atoms with Crippen molar-refractivity contribution < 1.29 is 22.6 Å². The molecular weight excluding hydrogens is 359 g/mol.